The number of para-hydroxylation sites is 1. The topological polar surface area (TPSA) is 101 Å². The molecule has 2 aromatic carbocycles. The van der Waals surface area contributed by atoms with Crippen LogP contribution in [-0.4, -0.2) is 36.8 Å². The normalized spacial score (nSPS) is 15.9. The summed E-state index contributed by atoms with van der Waals surface area (Å²) < 4.78 is 26.9. The molecule has 1 heterocycles. The van der Waals surface area contributed by atoms with Gasteiger partial charge in [-0.15, -0.1) is 0 Å². The molecule has 0 N–H and O–H groups in total. The third-order valence-corrected chi connectivity index (χ3v) is 6.11. The number of hydrogen-bond donors (Lipinski definition) is 0. The van der Waals surface area contributed by atoms with Gasteiger partial charge < -0.3 is 0 Å². The zero-order valence-electron chi connectivity index (χ0n) is 14.0. The lowest BCUT2D eigenvalue weighted by molar-refractivity contribution is -0.384. The number of anilines is 1. The van der Waals surface area contributed by atoms with Crippen LogP contribution in [0.5, 0.6) is 0 Å². The van der Waals surface area contributed by atoms with Gasteiger partial charge in [0.2, 0.25) is 15.9 Å². The van der Waals surface area contributed by atoms with Crippen LogP contribution in [0.3, 0.4) is 0 Å². The molecule has 26 heavy (non-hydrogen) atoms. The van der Waals surface area contributed by atoms with Crippen molar-refractivity contribution in [3.63, 3.8) is 0 Å². The fourth-order valence-corrected chi connectivity index (χ4v) is 4.20. The molecule has 0 bridgehead atoms. The summed E-state index contributed by atoms with van der Waals surface area (Å²) in [4.78, 5) is 23.9. The van der Waals surface area contributed by atoms with E-state index < -0.39 is 14.9 Å². The quantitative estimate of drug-likeness (QED) is 0.603. The number of carbonyl (C=O) groups is 1. The first-order chi connectivity index (χ1) is 12.3. The summed E-state index contributed by atoms with van der Waals surface area (Å²) in [6.07, 6.45) is 0.0700. The number of nitro benzene ring substituents is 1. The average molecular weight is 375 g/mol. The Labute approximate surface area is 150 Å². The van der Waals surface area contributed by atoms with Crippen molar-refractivity contribution in [3.05, 3.63) is 64.2 Å². The van der Waals surface area contributed by atoms with Crippen LogP contribution in [0.25, 0.3) is 0 Å². The number of non-ortho nitro benzene ring substituents is 1. The standard InChI is InChI=1S/C17H17N3O5S/c1-13-4-2-3-5-16(13)19-12-18(11-10-17(19)21)26(24,25)15-8-6-14(7-9-15)20(22)23/h2-9H,10-12H2,1H3. The Hall–Kier alpha value is -2.78. The van der Waals surface area contributed by atoms with E-state index in [1.165, 1.54) is 21.3 Å². The zero-order valence-corrected chi connectivity index (χ0v) is 14.8. The van der Waals surface area contributed by atoms with Crippen LogP contribution < -0.4 is 4.90 Å². The van der Waals surface area contributed by atoms with Crippen molar-refractivity contribution in [2.24, 2.45) is 0 Å². The summed E-state index contributed by atoms with van der Waals surface area (Å²) in [5.41, 5.74) is 1.36. The molecule has 2 aromatic rings. The highest BCUT2D eigenvalue weighted by atomic mass is 32.2. The predicted molar refractivity (Wildman–Crippen MR) is 95.1 cm³/mol. The summed E-state index contributed by atoms with van der Waals surface area (Å²) in [7, 11) is -3.86. The SMILES string of the molecule is Cc1ccccc1N1CN(S(=O)(=O)c2ccc([N+](=O)[O-])cc2)CCC1=O. The highest BCUT2D eigenvalue weighted by Gasteiger charge is 2.33. The molecule has 0 aliphatic carbocycles. The molecular weight excluding hydrogens is 358 g/mol. The lowest BCUT2D eigenvalue weighted by Gasteiger charge is -2.35. The minimum absolute atomic E-state index is 0.0396. The molecule has 1 aliphatic rings. The van der Waals surface area contributed by atoms with Crippen molar-refractivity contribution < 1.29 is 18.1 Å². The van der Waals surface area contributed by atoms with Gasteiger partial charge in [-0.05, 0) is 30.7 Å². The predicted octanol–water partition coefficient (Wildman–Crippen LogP) is 2.29. The molecule has 8 nitrogen and oxygen atoms in total. The molecule has 1 saturated heterocycles. The monoisotopic (exact) mass is 375 g/mol. The molecule has 0 radical (unpaired) electrons. The van der Waals surface area contributed by atoms with Crippen LogP contribution in [0.1, 0.15) is 12.0 Å². The van der Waals surface area contributed by atoms with E-state index in [2.05, 4.69) is 0 Å². The molecular formula is C17H17N3O5S. The average Bonchev–Trinajstić information content (AvgIpc) is 2.62. The van der Waals surface area contributed by atoms with Gasteiger partial charge in [0.15, 0.2) is 0 Å². The van der Waals surface area contributed by atoms with Crippen LogP contribution in [-0.2, 0) is 14.8 Å². The Bertz CT molecular complexity index is 957. The Balaban J connectivity index is 1.90. The first-order valence-corrected chi connectivity index (χ1v) is 9.35. The van der Waals surface area contributed by atoms with E-state index in [0.717, 1.165) is 17.7 Å². The molecule has 0 unspecified atom stereocenters. The van der Waals surface area contributed by atoms with Gasteiger partial charge in [-0.3, -0.25) is 19.8 Å². The number of carbonyl (C=O) groups excluding carboxylic acids is 1. The van der Waals surface area contributed by atoms with Crippen molar-refractivity contribution in [2.45, 2.75) is 18.2 Å². The number of rotatable bonds is 4. The van der Waals surface area contributed by atoms with Gasteiger partial charge in [0.25, 0.3) is 5.69 Å². The molecule has 0 aromatic heterocycles. The summed E-state index contributed by atoms with van der Waals surface area (Å²) >= 11 is 0. The second-order valence-electron chi connectivity index (χ2n) is 5.93. The molecule has 1 fully saturated rings. The van der Waals surface area contributed by atoms with Crippen LogP contribution in [0.2, 0.25) is 0 Å². The first-order valence-electron chi connectivity index (χ1n) is 7.91. The van der Waals surface area contributed by atoms with Gasteiger partial charge in [0.05, 0.1) is 16.5 Å². The summed E-state index contributed by atoms with van der Waals surface area (Å²) in [5.74, 6) is -0.144. The number of nitro groups is 1. The fraction of sp³-hybridized carbons (Fsp3) is 0.235. The van der Waals surface area contributed by atoms with E-state index in [9.17, 15) is 23.3 Å². The van der Waals surface area contributed by atoms with Crippen molar-refractivity contribution in [3.8, 4) is 0 Å². The lowest BCUT2D eigenvalue weighted by atomic mass is 10.1. The van der Waals surface area contributed by atoms with Crippen molar-refractivity contribution >= 4 is 27.3 Å². The van der Waals surface area contributed by atoms with Crippen molar-refractivity contribution in [1.82, 2.24) is 4.31 Å². The molecule has 0 spiro atoms. The van der Waals surface area contributed by atoms with Gasteiger partial charge in [0, 0.05) is 30.8 Å². The summed E-state index contributed by atoms with van der Waals surface area (Å²) in [6.45, 7) is 1.83. The molecule has 0 atom stereocenters. The third kappa shape index (κ3) is 3.31. The van der Waals surface area contributed by atoms with Crippen molar-refractivity contribution in [2.75, 3.05) is 18.1 Å². The maximum Gasteiger partial charge on any atom is 0.269 e. The van der Waals surface area contributed by atoms with Gasteiger partial charge in [-0.2, -0.15) is 4.31 Å². The smallest absolute Gasteiger partial charge is 0.269 e. The Morgan fingerprint density at radius 2 is 1.73 bits per heavy atom. The van der Waals surface area contributed by atoms with Crippen LogP contribution >= 0.6 is 0 Å². The molecule has 136 valence electrons. The van der Waals surface area contributed by atoms with Crippen LogP contribution in [0.15, 0.2) is 53.4 Å². The molecule has 0 saturated carbocycles. The first kappa shape index (κ1) is 18.0. The zero-order chi connectivity index (χ0) is 18.9. The number of nitrogens with zero attached hydrogens (tertiary/aromatic N) is 3. The van der Waals surface area contributed by atoms with E-state index in [4.69, 9.17) is 0 Å². The molecule has 9 heteroatoms. The molecule has 1 amide bonds. The Morgan fingerprint density at radius 1 is 1.08 bits per heavy atom. The maximum absolute atomic E-state index is 12.9. The van der Waals surface area contributed by atoms with Crippen molar-refractivity contribution in [1.29, 1.82) is 0 Å². The molecule has 1 aliphatic heterocycles. The minimum atomic E-state index is -3.86. The second kappa shape index (κ2) is 6.85. The number of hydrogen-bond acceptors (Lipinski definition) is 5. The van der Waals surface area contributed by atoms with Gasteiger partial charge in [-0.1, -0.05) is 18.2 Å². The van der Waals surface area contributed by atoms with E-state index in [-0.39, 0.29) is 36.1 Å². The summed E-state index contributed by atoms with van der Waals surface area (Å²) in [5, 5.41) is 10.7. The number of sulfonamides is 1. The number of benzene rings is 2. The van der Waals surface area contributed by atoms with Crippen LogP contribution in [0, 0.1) is 17.0 Å². The van der Waals surface area contributed by atoms with Gasteiger partial charge in [-0.25, -0.2) is 8.42 Å². The second-order valence-corrected chi connectivity index (χ2v) is 7.87. The highest BCUT2D eigenvalue weighted by molar-refractivity contribution is 7.89. The minimum Gasteiger partial charge on any atom is -0.298 e. The molecule has 3 rings (SSSR count). The number of aryl methyl sites for hydroxylation is 1. The maximum atomic E-state index is 12.9. The van der Waals surface area contributed by atoms with Gasteiger partial charge in [0.1, 0.15) is 0 Å². The van der Waals surface area contributed by atoms with E-state index in [0.29, 0.717) is 5.69 Å². The van der Waals surface area contributed by atoms with E-state index >= 15 is 0 Å². The summed E-state index contributed by atoms with van der Waals surface area (Å²) in [6, 6.07) is 12.0. The largest absolute Gasteiger partial charge is 0.298 e. The van der Waals surface area contributed by atoms with Gasteiger partial charge >= 0.3 is 0 Å². The van der Waals surface area contributed by atoms with E-state index in [1.54, 1.807) is 12.1 Å². The van der Waals surface area contributed by atoms with E-state index in [1.807, 2.05) is 19.1 Å². The third-order valence-electron chi connectivity index (χ3n) is 4.27. The fourth-order valence-electron chi connectivity index (χ4n) is 2.82. The Kier molecular flexibility index (Phi) is 4.75. The highest BCUT2D eigenvalue weighted by Crippen LogP contribution is 2.27. The van der Waals surface area contributed by atoms with Crippen LogP contribution in [0.4, 0.5) is 11.4 Å². The Morgan fingerprint density at radius 3 is 2.35 bits per heavy atom. The lowest BCUT2D eigenvalue weighted by Crippen LogP contribution is -2.50. The number of amides is 1.